The summed E-state index contributed by atoms with van der Waals surface area (Å²) in [5.74, 6) is -0.553. The van der Waals surface area contributed by atoms with Gasteiger partial charge in [0.05, 0.1) is 12.1 Å². The lowest BCUT2D eigenvalue weighted by atomic mass is 10.2. The molecule has 2 aromatic rings. The summed E-state index contributed by atoms with van der Waals surface area (Å²) in [4.78, 5) is 45.8. The highest BCUT2D eigenvalue weighted by atomic mass is 19.1. The van der Waals surface area contributed by atoms with Gasteiger partial charge in [0.1, 0.15) is 12.4 Å². The molecule has 0 fully saturated rings. The highest BCUT2D eigenvalue weighted by Crippen LogP contribution is 2.13. The summed E-state index contributed by atoms with van der Waals surface area (Å²) >= 11 is 0. The molecule has 156 valence electrons. The largest absolute Gasteiger partial charge is 0.352 e. The average Bonchev–Trinajstić information content (AvgIpc) is 2.77. The summed E-state index contributed by atoms with van der Waals surface area (Å²) < 4.78 is 15.5. The number of fused-ring (bicyclic) bond motifs is 1. The minimum Gasteiger partial charge on any atom is -0.350 e. The van der Waals surface area contributed by atoms with Gasteiger partial charge in [0.2, 0.25) is 5.91 Å². The van der Waals surface area contributed by atoms with Crippen LogP contribution in [0.2, 0.25) is 0 Å². The van der Waals surface area contributed by atoms with E-state index in [1.807, 2.05) is 0 Å². The Morgan fingerprint density at radius 1 is 1.03 bits per heavy atom. The minimum atomic E-state index is -0.701. The fraction of sp³-hybridized carbons (Fsp3) is 0.136. The lowest BCUT2D eigenvalue weighted by Crippen LogP contribution is -2.39. The summed E-state index contributed by atoms with van der Waals surface area (Å²) in [6, 6.07) is 12.5. The first-order valence-corrected chi connectivity index (χ1v) is 9.51. The third-order valence-corrected chi connectivity index (χ3v) is 4.73. The second-order valence-electron chi connectivity index (χ2n) is 6.92. The fourth-order valence-electron chi connectivity index (χ4n) is 3.17. The molecule has 1 N–H and O–H groups in total. The van der Waals surface area contributed by atoms with Gasteiger partial charge in [0.15, 0.2) is 5.82 Å². The van der Waals surface area contributed by atoms with Gasteiger partial charge in [-0.2, -0.15) is 4.98 Å². The predicted molar refractivity (Wildman–Crippen MR) is 111 cm³/mol. The Morgan fingerprint density at radius 2 is 1.84 bits per heavy atom. The van der Waals surface area contributed by atoms with Gasteiger partial charge in [-0.1, -0.05) is 18.2 Å². The first-order valence-electron chi connectivity index (χ1n) is 9.51. The number of nitrogens with one attached hydrogen (secondary N) is 1. The molecule has 1 amide bonds. The second-order valence-corrected chi connectivity index (χ2v) is 6.92. The number of hydrogen-bond donors (Lipinski definition) is 1. The first kappa shape index (κ1) is 20.1. The number of carbonyl (C=O) groups is 1. The fourth-order valence-corrected chi connectivity index (χ4v) is 3.17. The van der Waals surface area contributed by atoms with Gasteiger partial charge in [0, 0.05) is 25.1 Å². The van der Waals surface area contributed by atoms with Crippen LogP contribution in [0, 0.1) is 5.82 Å². The topological polar surface area (TPSA) is 98.9 Å². The number of nitrogens with zero attached hydrogens (tertiary/aromatic N) is 4. The van der Waals surface area contributed by atoms with Gasteiger partial charge in [-0.15, -0.1) is 0 Å². The highest BCUT2D eigenvalue weighted by Gasteiger charge is 2.18. The van der Waals surface area contributed by atoms with Crippen molar-refractivity contribution in [3.63, 3.8) is 0 Å². The molecule has 1 aromatic heterocycles. The standard InChI is InChI=1S/C22H18FN5O3/c23-17-7-5-15(6-8-17)12-25-19(29)14-27-10-2-4-18-20(27)26-22(31)28(21(18)30)13-16-3-1-9-24-11-16/h1-11H,12-14H2,(H,25,29). The van der Waals surface area contributed by atoms with Crippen molar-refractivity contribution in [2.45, 2.75) is 19.6 Å². The number of halogens is 1. The molecule has 3 heterocycles. The Kier molecular flexibility index (Phi) is 5.65. The summed E-state index contributed by atoms with van der Waals surface area (Å²) in [5, 5.41) is 2.73. The lowest BCUT2D eigenvalue weighted by Gasteiger charge is -2.15. The highest BCUT2D eigenvalue weighted by molar-refractivity contribution is 5.76. The maximum Gasteiger partial charge on any atom is 0.352 e. The maximum absolute atomic E-state index is 13.0. The minimum absolute atomic E-state index is 0.0570. The van der Waals surface area contributed by atoms with Gasteiger partial charge >= 0.3 is 5.69 Å². The van der Waals surface area contributed by atoms with Crippen molar-refractivity contribution in [3.05, 3.63) is 105 Å². The van der Waals surface area contributed by atoms with Gasteiger partial charge in [-0.25, -0.2) is 9.18 Å². The second kappa shape index (κ2) is 8.70. The van der Waals surface area contributed by atoms with Crippen LogP contribution in [0.1, 0.15) is 11.1 Å². The van der Waals surface area contributed by atoms with Crippen molar-refractivity contribution < 1.29 is 9.18 Å². The monoisotopic (exact) mass is 419 g/mol. The third kappa shape index (κ3) is 4.55. The molecule has 0 bridgehead atoms. The van der Waals surface area contributed by atoms with Crippen LogP contribution in [0.5, 0.6) is 0 Å². The van der Waals surface area contributed by atoms with Crippen LogP contribution in [0.15, 0.2) is 76.7 Å². The summed E-state index contributed by atoms with van der Waals surface area (Å²) in [6.07, 6.45) is 4.76. The molecule has 0 aliphatic carbocycles. The molecule has 0 atom stereocenters. The molecule has 1 aromatic carbocycles. The zero-order chi connectivity index (χ0) is 21.8. The number of pyridine rings is 2. The Balaban J connectivity index is 1.56. The molecule has 0 spiro atoms. The van der Waals surface area contributed by atoms with Crippen LogP contribution in [0.4, 0.5) is 4.39 Å². The van der Waals surface area contributed by atoms with Crippen LogP contribution in [-0.4, -0.2) is 25.0 Å². The van der Waals surface area contributed by atoms with E-state index >= 15 is 0 Å². The van der Waals surface area contributed by atoms with Gasteiger partial charge in [-0.3, -0.25) is 19.1 Å². The number of hydrogen-bond acceptors (Lipinski definition) is 5. The summed E-state index contributed by atoms with van der Waals surface area (Å²) in [6.45, 7) is 0.154. The van der Waals surface area contributed by atoms with Crippen molar-refractivity contribution in [2.24, 2.45) is 0 Å². The van der Waals surface area contributed by atoms with Gasteiger partial charge < -0.3 is 9.88 Å². The SMILES string of the molecule is O=C(Cn1cccc2c(=O)n(Cc3cccnc3)c(=O)nc1-2)NCc1ccc(F)cc1. The summed E-state index contributed by atoms with van der Waals surface area (Å²) in [5.41, 5.74) is 0.494. The van der Waals surface area contributed by atoms with E-state index in [4.69, 9.17) is 0 Å². The molecule has 9 heteroatoms. The Hall–Kier alpha value is -4.14. The van der Waals surface area contributed by atoms with E-state index in [2.05, 4.69) is 15.3 Å². The van der Waals surface area contributed by atoms with Crippen molar-refractivity contribution in [1.82, 2.24) is 24.4 Å². The molecule has 2 aliphatic rings. The Bertz CT molecular complexity index is 1300. The maximum atomic E-state index is 13.0. The van der Waals surface area contributed by atoms with Crippen LogP contribution in [-0.2, 0) is 24.4 Å². The van der Waals surface area contributed by atoms with E-state index in [0.29, 0.717) is 5.56 Å². The van der Waals surface area contributed by atoms with E-state index in [1.165, 1.54) is 16.7 Å². The van der Waals surface area contributed by atoms with Crippen molar-refractivity contribution in [3.8, 4) is 11.4 Å². The number of aromatic nitrogens is 4. The Labute approximate surface area is 176 Å². The normalized spacial score (nSPS) is 10.9. The number of carbonyl (C=O) groups excluding carboxylic acids is 1. The molecule has 2 aliphatic heterocycles. The molecule has 0 unspecified atom stereocenters. The van der Waals surface area contributed by atoms with E-state index in [0.717, 1.165) is 10.1 Å². The quantitative estimate of drug-likeness (QED) is 0.510. The van der Waals surface area contributed by atoms with Crippen LogP contribution in [0.25, 0.3) is 11.4 Å². The van der Waals surface area contributed by atoms with Crippen molar-refractivity contribution >= 4 is 5.91 Å². The third-order valence-electron chi connectivity index (χ3n) is 4.73. The van der Waals surface area contributed by atoms with E-state index in [9.17, 15) is 18.8 Å². The number of amides is 1. The zero-order valence-electron chi connectivity index (χ0n) is 16.4. The van der Waals surface area contributed by atoms with Crippen LogP contribution < -0.4 is 16.6 Å². The molecular formula is C22H18FN5O3. The first-order chi connectivity index (χ1) is 15.0. The molecular weight excluding hydrogens is 401 g/mol. The predicted octanol–water partition coefficient (Wildman–Crippen LogP) is 1.41. The number of benzene rings is 1. The average molecular weight is 419 g/mol. The Morgan fingerprint density at radius 3 is 2.58 bits per heavy atom. The number of rotatable bonds is 6. The van der Waals surface area contributed by atoms with Crippen molar-refractivity contribution in [1.29, 1.82) is 0 Å². The van der Waals surface area contributed by atoms with Gasteiger partial charge in [-0.05, 0) is 41.5 Å². The van der Waals surface area contributed by atoms with Crippen LogP contribution in [0.3, 0.4) is 0 Å². The molecule has 0 radical (unpaired) electrons. The molecule has 31 heavy (non-hydrogen) atoms. The lowest BCUT2D eigenvalue weighted by molar-refractivity contribution is -0.121. The van der Waals surface area contributed by atoms with Crippen LogP contribution >= 0.6 is 0 Å². The smallest absolute Gasteiger partial charge is 0.350 e. The molecule has 8 nitrogen and oxygen atoms in total. The van der Waals surface area contributed by atoms with E-state index in [-0.39, 0.29) is 42.7 Å². The molecule has 4 rings (SSSR count). The summed E-state index contributed by atoms with van der Waals surface area (Å²) in [7, 11) is 0. The molecule has 0 saturated carbocycles. The zero-order valence-corrected chi connectivity index (χ0v) is 16.4. The van der Waals surface area contributed by atoms with E-state index in [1.54, 1.807) is 55.0 Å². The van der Waals surface area contributed by atoms with E-state index < -0.39 is 11.2 Å². The van der Waals surface area contributed by atoms with Gasteiger partial charge in [0.25, 0.3) is 5.56 Å². The molecule has 0 saturated heterocycles. The van der Waals surface area contributed by atoms with Crippen molar-refractivity contribution in [2.75, 3.05) is 0 Å².